The highest BCUT2D eigenvalue weighted by molar-refractivity contribution is 6.55. The average Bonchev–Trinajstić information content (AvgIpc) is 3.10. The summed E-state index contributed by atoms with van der Waals surface area (Å²) in [5, 5.41) is 3.01. The zero-order chi connectivity index (χ0) is 20.1. The van der Waals surface area contributed by atoms with Gasteiger partial charge in [-0.15, -0.1) is 0 Å². The lowest BCUT2D eigenvalue weighted by atomic mass is 10.3. The summed E-state index contributed by atoms with van der Waals surface area (Å²) in [6.45, 7) is 1.41. The second-order valence-corrected chi connectivity index (χ2v) is 7.76. The van der Waals surface area contributed by atoms with Crippen molar-refractivity contribution in [2.24, 2.45) is 0 Å². The van der Waals surface area contributed by atoms with Crippen molar-refractivity contribution in [3.05, 3.63) is 48.8 Å². The zero-order valence-electron chi connectivity index (χ0n) is 14.5. The molecule has 5 nitrogen and oxygen atoms in total. The molecule has 0 aliphatic carbocycles. The van der Waals surface area contributed by atoms with Gasteiger partial charge in [0.25, 0.3) is 5.91 Å². The number of hydrogen-bond acceptors (Lipinski definition) is 4. The normalized spacial score (nSPS) is 11.1. The Kier molecular flexibility index (Phi) is 8.40. The van der Waals surface area contributed by atoms with Gasteiger partial charge in [-0.25, -0.2) is 0 Å². The third kappa shape index (κ3) is 5.83. The average molecular weight is 475 g/mol. The van der Waals surface area contributed by atoms with E-state index in [2.05, 4.69) is 5.32 Å². The number of furan rings is 1. The second-order valence-electron chi connectivity index (χ2n) is 5.87. The minimum Gasteiger partial charge on any atom is -0.482 e. The fourth-order valence-corrected chi connectivity index (χ4v) is 3.35. The lowest BCUT2D eigenvalue weighted by Crippen LogP contribution is -2.26. The Morgan fingerprint density at radius 1 is 1.04 bits per heavy atom. The summed E-state index contributed by atoms with van der Waals surface area (Å²) in [6, 6.07) is 3.18. The first-order valence-electron chi connectivity index (χ1n) is 7.88. The molecule has 148 valence electrons. The first-order chi connectivity index (χ1) is 12.7. The lowest BCUT2D eigenvalue weighted by Gasteiger charge is -2.12. The Hall–Kier alpha value is -0.820. The van der Waals surface area contributed by atoms with Crippen LogP contribution in [-0.4, -0.2) is 38.0 Å². The Labute approximate surface area is 182 Å². The van der Waals surface area contributed by atoms with E-state index in [1.807, 2.05) is 19.0 Å². The SMILES string of the molecule is CN(C)CCCNC(=O)c1ccc(COc2c(Cl)c(Cl)c(Cl)c(Cl)c2Cl)o1. The smallest absolute Gasteiger partial charge is 0.286 e. The first kappa shape index (κ1) is 22.5. The van der Waals surface area contributed by atoms with Gasteiger partial charge in [-0.2, -0.15) is 0 Å². The van der Waals surface area contributed by atoms with Crippen LogP contribution < -0.4 is 10.1 Å². The topological polar surface area (TPSA) is 54.7 Å². The molecule has 0 bridgehead atoms. The van der Waals surface area contributed by atoms with E-state index < -0.39 is 0 Å². The molecule has 2 rings (SSSR count). The maximum absolute atomic E-state index is 12.1. The minimum atomic E-state index is -0.298. The molecule has 1 heterocycles. The van der Waals surface area contributed by atoms with Crippen molar-refractivity contribution in [2.45, 2.75) is 13.0 Å². The molecule has 0 spiro atoms. The number of benzene rings is 1. The van der Waals surface area contributed by atoms with Gasteiger partial charge in [-0.1, -0.05) is 58.0 Å². The number of rotatable bonds is 8. The molecule has 1 aromatic carbocycles. The predicted octanol–water partition coefficient (Wildman–Crippen LogP) is 5.81. The van der Waals surface area contributed by atoms with Crippen molar-refractivity contribution in [1.29, 1.82) is 0 Å². The van der Waals surface area contributed by atoms with Crippen LogP contribution in [-0.2, 0) is 6.61 Å². The van der Waals surface area contributed by atoms with Crippen LogP contribution in [0.25, 0.3) is 0 Å². The van der Waals surface area contributed by atoms with Gasteiger partial charge >= 0.3 is 0 Å². The van der Waals surface area contributed by atoms with Gasteiger partial charge in [0, 0.05) is 6.54 Å². The Morgan fingerprint density at radius 3 is 2.22 bits per heavy atom. The number of carbonyl (C=O) groups excluding carboxylic acids is 1. The van der Waals surface area contributed by atoms with E-state index in [1.165, 1.54) is 0 Å². The van der Waals surface area contributed by atoms with Crippen molar-refractivity contribution in [2.75, 3.05) is 27.2 Å². The Morgan fingerprint density at radius 2 is 1.63 bits per heavy atom. The van der Waals surface area contributed by atoms with Crippen molar-refractivity contribution < 1.29 is 13.9 Å². The number of ether oxygens (including phenoxy) is 1. The van der Waals surface area contributed by atoms with Crippen molar-refractivity contribution in [1.82, 2.24) is 10.2 Å². The van der Waals surface area contributed by atoms with Gasteiger partial charge in [0.15, 0.2) is 11.5 Å². The lowest BCUT2D eigenvalue weighted by molar-refractivity contribution is 0.0920. The molecule has 0 saturated heterocycles. The molecule has 1 amide bonds. The van der Waals surface area contributed by atoms with Crippen LogP contribution >= 0.6 is 58.0 Å². The number of carbonyl (C=O) groups is 1. The quantitative estimate of drug-likeness (QED) is 0.298. The number of nitrogens with zero attached hydrogens (tertiary/aromatic N) is 1. The largest absolute Gasteiger partial charge is 0.482 e. The molecule has 0 aliphatic heterocycles. The van der Waals surface area contributed by atoms with Gasteiger partial charge in [0.2, 0.25) is 0 Å². The Balaban J connectivity index is 1.98. The maximum atomic E-state index is 12.1. The summed E-state index contributed by atoms with van der Waals surface area (Å²) in [5.41, 5.74) is 0. The highest BCUT2D eigenvalue weighted by Crippen LogP contribution is 2.48. The molecule has 0 fully saturated rings. The molecule has 1 aromatic heterocycles. The molecule has 0 aliphatic rings. The molecule has 10 heteroatoms. The van der Waals surface area contributed by atoms with Gasteiger partial charge < -0.3 is 19.4 Å². The van der Waals surface area contributed by atoms with Crippen LogP contribution in [0.15, 0.2) is 16.5 Å². The highest BCUT2D eigenvalue weighted by Gasteiger charge is 2.21. The summed E-state index contributed by atoms with van der Waals surface area (Å²) in [7, 11) is 3.94. The second kappa shape index (κ2) is 10.1. The van der Waals surface area contributed by atoms with Crippen molar-refractivity contribution >= 4 is 63.9 Å². The monoisotopic (exact) mass is 472 g/mol. The summed E-state index contributed by atoms with van der Waals surface area (Å²) < 4.78 is 11.0. The van der Waals surface area contributed by atoms with E-state index in [0.717, 1.165) is 13.0 Å². The molecular weight excluding hydrogens is 457 g/mol. The van der Waals surface area contributed by atoms with E-state index in [0.29, 0.717) is 12.3 Å². The van der Waals surface area contributed by atoms with Gasteiger partial charge in [0.05, 0.1) is 15.1 Å². The fourth-order valence-electron chi connectivity index (χ4n) is 2.12. The zero-order valence-corrected chi connectivity index (χ0v) is 18.3. The molecule has 0 radical (unpaired) electrons. The maximum Gasteiger partial charge on any atom is 0.286 e. The summed E-state index contributed by atoms with van der Waals surface area (Å²) >= 11 is 30.1. The standard InChI is InChI=1S/C17H17Cl5N2O3/c1-24(2)7-3-6-23-17(25)10-5-4-9(27-10)8-26-16-14(21)12(19)11(18)13(20)15(16)22/h4-5H,3,6-8H2,1-2H3,(H,23,25). The van der Waals surface area contributed by atoms with Crippen LogP contribution in [0.3, 0.4) is 0 Å². The molecule has 0 unspecified atom stereocenters. The highest BCUT2D eigenvalue weighted by atomic mass is 35.5. The van der Waals surface area contributed by atoms with Crippen LogP contribution in [0.1, 0.15) is 22.7 Å². The van der Waals surface area contributed by atoms with E-state index in [4.69, 9.17) is 67.2 Å². The summed E-state index contributed by atoms with van der Waals surface area (Å²) in [4.78, 5) is 14.1. The molecule has 27 heavy (non-hydrogen) atoms. The number of nitrogens with one attached hydrogen (secondary N) is 1. The van der Waals surface area contributed by atoms with Crippen LogP contribution in [0.2, 0.25) is 25.1 Å². The molecule has 1 N–H and O–H groups in total. The van der Waals surface area contributed by atoms with Gasteiger partial charge in [0.1, 0.15) is 22.4 Å². The fraction of sp³-hybridized carbons (Fsp3) is 0.353. The minimum absolute atomic E-state index is 0.0262. The van der Waals surface area contributed by atoms with Crippen molar-refractivity contribution in [3.63, 3.8) is 0 Å². The van der Waals surface area contributed by atoms with E-state index in [-0.39, 0.29) is 49.1 Å². The Bertz CT molecular complexity index is 794. The number of amides is 1. The van der Waals surface area contributed by atoms with Gasteiger partial charge in [-0.3, -0.25) is 4.79 Å². The van der Waals surface area contributed by atoms with Crippen LogP contribution in [0, 0.1) is 0 Å². The molecule has 0 atom stereocenters. The van der Waals surface area contributed by atoms with Crippen LogP contribution in [0.4, 0.5) is 0 Å². The van der Waals surface area contributed by atoms with Crippen LogP contribution in [0.5, 0.6) is 5.75 Å². The summed E-state index contributed by atoms with van der Waals surface area (Å²) in [5.74, 6) is 0.378. The third-order valence-electron chi connectivity index (χ3n) is 3.48. The molecule has 2 aromatic rings. The first-order valence-corrected chi connectivity index (χ1v) is 9.77. The number of hydrogen-bond donors (Lipinski definition) is 1. The number of halogens is 5. The predicted molar refractivity (Wildman–Crippen MR) is 110 cm³/mol. The summed E-state index contributed by atoms with van der Waals surface area (Å²) in [6.07, 6.45) is 0.838. The van der Waals surface area contributed by atoms with E-state index >= 15 is 0 Å². The van der Waals surface area contributed by atoms with Crippen molar-refractivity contribution in [3.8, 4) is 5.75 Å². The molecular formula is C17H17Cl5N2O3. The van der Waals surface area contributed by atoms with E-state index in [1.54, 1.807) is 12.1 Å². The third-order valence-corrected chi connectivity index (χ3v) is 5.72. The van der Waals surface area contributed by atoms with Gasteiger partial charge in [-0.05, 0) is 39.2 Å². The molecule has 0 saturated carbocycles. The van der Waals surface area contributed by atoms with E-state index in [9.17, 15) is 4.79 Å².